The molecule has 0 saturated carbocycles. The SMILES string of the molecule is CCCn1c(=S)[nH]c2cc(C(=O)N3C[C@H](C)C[C@@H](C)C3)ccc2c1=O. The lowest BCUT2D eigenvalue weighted by Gasteiger charge is -2.35. The van der Waals surface area contributed by atoms with Gasteiger partial charge >= 0.3 is 0 Å². The number of carbonyl (C=O) groups is 1. The van der Waals surface area contributed by atoms with Crippen molar-refractivity contribution in [1.82, 2.24) is 14.5 Å². The van der Waals surface area contributed by atoms with Crippen molar-refractivity contribution in [3.63, 3.8) is 0 Å². The molecular weight excluding hydrogens is 334 g/mol. The molecule has 6 heteroatoms. The van der Waals surface area contributed by atoms with Crippen LogP contribution in [0.25, 0.3) is 10.9 Å². The number of piperidine rings is 1. The van der Waals surface area contributed by atoms with Crippen molar-refractivity contribution in [1.29, 1.82) is 0 Å². The second kappa shape index (κ2) is 7.12. The van der Waals surface area contributed by atoms with E-state index in [1.165, 1.54) is 0 Å². The Bertz CT molecular complexity index is 905. The Morgan fingerprint density at radius 1 is 1.28 bits per heavy atom. The highest BCUT2D eigenvalue weighted by Gasteiger charge is 2.26. The van der Waals surface area contributed by atoms with Gasteiger partial charge in [-0.05, 0) is 55.1 Å². The van der Waals surface area contributed by atoms with Gasteiger partial charge in [-0.3, -0.25) is 14.2 Å². The molecule has 0 bridgehead atoms. The van der Waals surface area contributed by atoms with Crippen LogP contribution in [0.2, 0.25) is 0 Å². The van der Waals surface area contributed by atoms with Crippen LogP contribution in [-0.4, -0.2) is 33.4 Å². The summed E-state index contributed by atoms with van der Waals surface area (Å²) in [7, 11) is 0. The summed E-state index contributed by atoms with van der Waals surface area (Å²) in [6, 6.07) is 5.25. The van der Waals surface area contributed by atoms with Crippen LogP contribution in [0.1, 0.15) is 44.0 Å². The zero-order valence-corrected chi connectivity index (χ0v) is 15.9. The lowest BCUT2D eigenvalue weighted by Crippen LogP contribution is -2.42. The van der Waals surface area contributed by atoms with E-state index < -0.39 is 0 Å². The van der Waals surface area contributed by atoms with Crippen LogP contribution in [0.3, 0.4) is 0 Å². The zero-order valence-electron chi connectivity index (χ0n) is 15.0. The van der Waals surface area contributed by atoms with Crippen molar-refractivity contribution in [2.24, 2.45) is 11.8 Å². The maximum Gasteiger partial charge on any atom is 0.262 e. The number of aromatic nitrogens is 2. The Morgan fingerprint density at radius 2 is 1.96 bits per heavy atom. The fourth-order valence-electron chi connectivity index (χ4n) is 3.83. The highest BCUT2D eigenvalue weighted by Crippen LogP contribution is 2.23. The molecule has 134 valence electrons. The molecule has 2 atom stereocenters. The molecule has 1 aliphatic heterocycles. The summed E-state index contributed by atoms with van der Waals surface area (Å²) in [4.78, 5) is 30.5. The van der Waals surface area contributed by atoms with E-state index in [0.29, 0.717) is 39.6 Å². The fourth-order valence-corrected chi connectivity index (χ4v) is 4.11. The minimum atomic E-state index is -0.0974. The van der Waals surface area contributed by atoms with E-state index in [-0.39, 0.29) is 11.5 Å². The number of aromatic amines is 1. The molecule has 1 aliphatic rings. The highest BCUT2D eigenvalue weighted by molar-refractivity contribution is 7.71. The van der Waals surface area contributed by atoms with Gasteiger partial charge in [0.25, 0.3) is 11.5 Å². The predicted octanol–water partition coefficient (Wildman–Crippen LogP) is 3.59. The van der Waals surface area contributed by atoms with Gasteiger partial charge in [0.1, 0.15) is 0 Å². The van der Waals surface area contributed by atoms with Gasteiger partial charge in [-0.2, -0.15) is 0 Å². The molecule has 0 aliphatic carbocycles. The summed E-state index contributed by atoms with van der Waals surface area (Å²) in [5, 5.41) is 0.569. The minimum Gasteiger partial charge on any atom is -0.338 e. The number of carbonyl (C=O) groups excluding carboxylic acids is 1. The minimum absolute atomic E-state index is 0.0253. The molecule has 25 heavy (non-hydrogen) atoms. The molecule has 1 N–H and O–H groups in total. The highest BCUT2D eigenvalue weighted by atomic mass is 32.1. The summed E-state index contributed by atoms with van der Waals surface area (Å²) < 4.78 is 1.98. The van der Waals surface area contributed by atoms with Gasteiger partial charge in [-0.15, -0.1) is 0 Å². The Kier molecular flexibility index (Phi) is 5.08. The first-order chi connectivity index (χ1) is 11.9. The van der Waals surface area contributed by atoms with Crippen LogP contribution in [0.5, 0.6) is 0 Å². The number of likely N-dealkylation sites (tertiary alicyclic amines) is 1. The number of nitrogens with one attached hydrogen (secondary N) is 1. The third kappa shape index (κ3) is 3.54. The molecular formula is C19H25N3O2S. The van der Waals surface area contributed by atoms with Crippen LogP contribution in [0, 0.1) is 16.6 Å². The van der Waals surface area contributed by atoms with Crippen LogP contribution in [0.4, 0.5) is 0 Å². The van der Waals surface area contributed by atoms with Crippen molar-refractivity contribution in [3.05, 3.63) is 38.9 Å². The summed E-state index contributed by atoms with van der Waals surface area (Å²) in [6.45, 7) is 8.54. The molecule has 5 nitrogen and oxygen atoms in total. The molecule has 2 aromatic rings. The summed E-state index contributed by atoms with van der Waals surface area (Å²) >= 11 is 5.31. The second-order valence-electron chi connectivity index (χ2n) is 7.30. The maximum absolute atomic E-state index is 12.9. The van der Waals surface area contributed by atoms with Crippen molar-refractivity contribution >= 4 is 29.0 Å². The van der Waals surface area contributed by atoms with Gasteiger partial charge in [0, 0.05) is 25.2 Å². The van der Waals surface area contributed by atoms with E-state index in [2.05, 4.69) is 18.8 Å². The van der Waals surface area contributed by atoms with Gasteiger partial charge < -0.3 is 9.88 Å². The number of nitrogens with zero attached hydrogens (tertiary/aromatic N) is 2. The van der Waals surface area contributed by atoms with Gasteiger partial charge in [0.2, 0.25) is 0 Å². The Hall–Kier alpha value is -1.95. The van der Waals surface area contributed by atoms with Crippen molar-refractivity contribution in [3.8, 4) is 0 Å². The fraction of sp³-hybridized carbons (Fsp3) is 0.526. The normalized spacial score (nSPS) is 20.8. The Balaban J connectivity index is 1.99. The molecule has 1 aromatic carbocycles. The molecule has 0 unspecified atom stereocenters. The average molecular weight is 359 g/mol. The van der Waals surface area contributed by atoms with Crippen molar-refractivity contribution in [2.75, 3.05) is 13.1 Å². The smallest absolute Gasteiger partial charge is 0.262 e. The van der Waals surface area contributed by atoms with E-state index in [0.717, 1.165) is 25.9 Å². The first-order valence-electron chi connectivity index (χ1n) is 8.96. The van der Waals surface area contributed by atoms with E-state index in [9.17, 15) is 9.59 Å². The maximum atomic E-state index is 12.9. The van der Waals surface area contributed by atoms with Crippen LogP contribution < -0.4 is 5.56 Å². The molecule has 1 fully saturated rings. The van der Waals surface area contributed by atoms with E-state index in [1.54, 1.807) is 22.8 Å². The largest absolute Gasteiger partial charge is 0.338 e. The summed E-state index contributed by atoms with van der Waals surface area (Å²) in [5.74, 6) is 1.05. The van der Waals surface area contributed by atoms with Gasteiger partial charge in [0.15, 0.2) is 4.77 Å². The average Bonchev–Trinajstić information content (AvgIpc) is 2.56. The van der Waals surface area contributed by atoms with Gasteiger partial charge in [0.05, 0.1) is 10.9 Å². The van der Waals surface area contributed by atoms with Gasteiger partial charge in [-0.1, -0.05) is 20.8 Å². The van der Waals surface area contributed by atoms with E-state index >= 15 is 0 Å². The van der Waals surface area contributed by atoms with Crippen LogP contribution in [0.15, 0.2) is 23.0 Å². The van der Waals surface area contributed by atoms with Gasteiger partial charge in [-0.25, -0.2) is 0 Å². The second-order valence-corrected chi connectivity index (χ2v) is 7.69. The Labute approximate surface area is 152 Å². The van der Waals surface area contributed by atoms with E-state index in [1.807, 2.05) is 11.8 Å². The lowest BCUT2D eigenvalue weighted by molar-refractivity contribution is 0.0623. The number of benzene rings is 1. The molecule has 0 radical (unpaired) electrons. The predicted molar refractivity (Wildman–Crippen MR) is 103 cm³/mol. The number of H-pyrrole nitrogens is 1. The molecule has 1 amide bonds. The first kappa shape index (κ1) is 17.9. The Morgan fingerprint density at radius 3 is 2.60 bits per heavy atom. The first-order valence-corrected chi connectivity index (χ1v) is 9.37. The van der Waals surface area contributed by atoms with E-state index in [4.69, 9.17) is 12.2 Å². The lowest BCUT2D eigenvalue weighted by atomic mass is 9.91. The monoisotopic (exact) mass is 359 g/mol. The molecule has 1 saturated heterocycles. The standard InChI is InChI=1S/C19H25N3O2S/c1-4-7-22-18(24)15-6-5-14(9-16(15)20-19(22)25)17(23)21-10-12(2)8-13(3)11-21/h5-6,9,12-13H,4,7-8,10-11H2,1-3H3,(H,20,25)/t12-,13-/m1/s1. The number of hydrogen-bond acceptors (Lipinski definition) is 3. The molecule has 2 heterocycles. The molecule has 0 spiro atoms. The molecule has 1 aromatic heterocycles. The number of fused-ring (bicyclic) bond motifs is 1. The molecule has 3 rings (SSSR count). The van der Waals surface area contributed by atoms with Crippen molar-refractivity contribution < 1.29 is 4.79 Å². The topological polar surface area (TPSA) is 58.1 Å². The number of hydrogen-bond donors (Lipinski definition) is 1. The summed E-state index contributed by atoms with van der Waals surface area (Å²) in [5.41, 5.74) is 1.14. The third-order valence-corrected chi connectivity index (χ3v) is 5.15. The number of rotatable bonds is 3. The van der Waals surface area contributed by atoms with Crippen molar-refractivity contribution in [2.45, 2.75) is 40.2 Å². The summed E-state index contributed by atoms with van der Waals surface area (Å²) in [6.07, 6.45) is 2.00. The van der Waals surface area contributed by atoms with Crippen LogP contribution >= 0.6 is 12.2 Å². The number of amides is 1. The third-order valence-electron chi connectivity index (χ3n) is 4.83. The quantitative estimate of drug-likeness (QED) is 0.852. The zero-order chi connectivity index (χ0) is 18.1. The van der Waals surface area contributed by atoms with Crippen LogP contribution in [-0.2, 0) is 6.54 Å².